The van der Waals surface area contributed by atoms with Crippen LogP contribution in [0.2, 0.25) is 0 Å². The van der Waals surface area contributed by atoms with E-state index in [0.717, 1.165) is 12.3 Å². The summed E-state index contributed by atoms with van der Waals surface area (Å²) in [7, 11) is 0. The van der Waals surface area contributed by atoms with E-state index < -0.39 is 0 Å². The summed E-state index contributed by atoms with van der Waals surface area (Å²) in [5.41, 5.74) is 0.305. The van der Waals surface area contributed by atoms with Gasteiger partial charge in [0.05, 0.1) is 0 Å². The summed E-state index contributed by atoms with van der Waals surface area (Å²) in [6.45, 7) is 4.48. The molecular weight excluding hydrogens is 198 g/mol. The highest BCUT2D eigenvalue weighted by atomic mass is 16.2. The molecule has 1 saturated carbocycles. The molecule has 1 amide bonds. The van der Waals surface area contributed by atoms with Gasteiger partial charge in [-0.3, -0.25) is 4.79 Å². The minimum absolute atomic E-state index is 0.279. The van der Waals surface area contributed by atoms with Gasteiger partial charge >= 0.3 is 0 Å². The minimum Gasteiger partial charge on any atom is -0.353 e. The second kappa shape index (κ2) is 4.77. The fraction of sp³-hybridized carbons (Fsp3) is 0.929. The lowest BCUT2D eigenvalue weighted by Crippen LogP contribution is -2.34. The fourth-order valence-corrected chi connectivity index (χ4v) is 3.73. The van der Waals surface area contributed by atoms with Crippen molar-refractivity contribution in [1.82, 2.24) is 5.32 Å². The van der Waals surface area contributed by atoms with Gasteiger partial charge in [0.1, 0.15) is 0 Å². The summed E-state index contributed by atoms with van der Waals surface area (Å²) in [6.07, 6.45) is 10.0. The highest BCUT2D eigenvalue weighted by Gasteiger charge is 2.44. The Morgan fingerprint density at radius 2 is 2.19 bits per heavy atom. The van der Waals surface area contributed by atoms with E-state index in [9.17, 15) is 4.79 Å². The molecule has 3 atom stereocenters. The zero-order valence-electron chi connectivity index (χ0n) is 10.7. The van der Waals surface area contributed by atoms with Crippen LogP contribution < -0.4 is 5.32 Å². The number of carbonyl (C=O) groups is 1. The van der Waals surface area contributed by atoms with Gasteiger partial charge in [-0.25, -0.2) is 0 Å². The van der Waals surface area contributed by atoms with Gasteiger partial charge in [0.25, 0.3) is 0 Å². The third-order valence-electron chi connectivity index (χ3n) is 4.84. The standard InChI is InChI=1S/C14H25NO/c1-3-5-12-6-4-8-14(9-7-12)10-13(16)15-11(14)2/h11-12H,3-10H2,1-2H3,(H,15,16). The lowest BCUT2D eigenvalue weighted by atomic mass is 9.74. The summed E-state index contributed by atoms with van der Waals surface area (Å²) in [5, 5.41) is 3.11. The summed E-state index contributed by atoms with van der Waals surface area (Å²) in [4.78, 5) is 11.5. The van der Waals surface area contributed by atoms with Crippen molar-refractivity contribution in [2.75, 3.05) is 0 Å². The molecule has 1 heterocycles. The molecule has 0 aromatic rings. The zero-order valence-corrected chi connectivity index (χ0v) is 10.7. The van der Waals surface area contributed by atoms with Gasteiger partial charge in [0.2, 0.25) is 5.91 Å². The van der Waals surface area contributed by atoms with Crippen LogP contribution >= 0.6 is 0 Å². The number of amides is 1. The molecule has 2 nitrogen and oxygen atoms in total. The van der Waals surface area contributed by atoms with Crippen LogP contribution in [0.5, 0.6) is 0 Å². The molecular formula is C14H25NO. The largest absolute Gasteiger partial charge is 0.353 e. The average molecular weight is 223 g/mol. The Kier molecular flexibility index (Phi) is 3.56. The van der Waals surface area contributed by atoms with Gasteiger partial charge < -0.3 is 5.32 Å². The van der Waals surface area contributed by atoms with Crippen LogP contribution in [0, 0.1) is 11.3 Å². The van der Waals surface area contributed by atoms with Crippen LogP contribution in [-0.4, -0.2) is 11.9 Å². The van der Waals surface area contributed by atoms with Crippen molar-refractivity contribution < 1.29 is 4.79 Å². The third kappa shape index (κ3) is 2.26. The van der Waals surface area contributed by atoms with E-state index in [1.165, 1.54) is 44.9 Å². The summed E-state index contributed by atoms with van der Waals surface area (Å²) in [5.74, 6) is 1.20. The van der Waals surface area contributed by atoms with Gasteiger partial charge in [0, 0.05) is 12.5 Å². The molecule has 1 saturated heterocycles. The molecule has 3 unspecified atom stereocenters. The van der Waals surface area contributed by atoms with Crippen LogP contribution in [0.4, 0.5) is 0 Å². The zero-order chi connectivity index (χ0) is 11.6. The van der Waals surface area contributed by atoms with Crippen molar-refractivity contribution >= 4 is 5.91 Å². The van der Waals surface area contributed by atoms with Crippen molar-refractivity contribution in [3.63, 3.8) is 0 Å². The summed E-state index contributed by atoms with van der Waals surface area (Å²) >= 11 is 0. The van der Waals surface area contributed by atoms with E-state index in [2.05, 4.69) is 19.2 Å². The Morgan fingerprint density at radius 3 is 2.81 bits per heavy atom. The molecule has 1 aliphatic carbocycles. The summed E-state index contributed by atoms with van der Waals surface area (Å²) < 4.78 is 0. The van der Waals surface area contributed by atoms with Crippen molar-refractivity contribution in [3.05, 3.63) is 0 Å². The lowest BCUT2D eigenvalue weighted by molar-refractivity contribution is -0.119. The van der Waals surface area contributed by atoms with E-state index >= 15 is 0 Å². The molecule has 2 aliphatic rings. The van der Waals surface area contributed by atoms with Crippen LogP contribution in [0.1, 0.15) is 65.2 Å². The predicted molar refractivity (Wildman–Crippen MR) is 66.1 cm³/mol. The minimum atomic E-state index is 0.279. The number of rotatable bonds is 2. The number of carbonyl (C=O) groups excluding carboxylic acids is 1. The highest BCUT2D eigenvalue weighted by molar-refractivity contribution is 5.79. The molecule has 1 aliphatic heterocycles. The third-order valence-corrected chi connectivity index (χ3v) is 4.84. The maximum atomic E-state index is 11.5. The molecule has 16 heavy (non-hydrogen) atoms. The topological polar surface area (TPSA) is 29.1 Å². The van der Waals surface area contributed by atoms with Crippen LogP contribution in [-0.2, 0) is 4.79 Å². The first-order valence-corrected chi connectivity index (χ1v) is 6.95. The first-order valence-electron chi connectivity index (χ1n) is 6.95. The fourth-order valence-electron chi connectivity index (χ4n) is 3.73. The maximum Gasteiger partial charge on any atom is 0.220 e. The second-order valence-electron chi connectivity index (χ2n) is 5.91. The monoisotopic (exact) mass is 223 g/mol. The molecule has 2 rings (SSSR count). The normalized spacial score (nSPS) is 39.8. The first-order chi connectivity index (χ1) is 7.66. The quantitative estimate of drug-likeness (QED) is 0.765. The Balaban J connectivity index is 2.00. The summed E-state index contributed by atoms with van der Waals surface area (Å²) in [6, 6.07) is 0.403. The molecule has 0 radical (unpaired) electrons. The molecule has 1 spiro atoms. The van der Waals surface area contributed by atoms with E-state index in [0.29, 0.717) is 11.5 Å². The van der Waals surface area contributed by atoms with Gasteiger partial charge in [0.15, 0.2) is 0 Å². The van der Waals surface area contributed by atoms with Crippen molar-refractivity contribution in [2.24, 2.45) is 11.3 Å². The first kappa shape index (κ1) is 11.9. The van der Waals surface area contributed by atoms with Crippen LogP contribution in [0.15, 0.2) is 0 Å². The predicted octanol–water partition coefficient (Wildman–Crippen LogP) is 3.26. The second-order valence-corrected chi connectivity index (χ2v) is 5.91. The molecule has 0 bridgehead atoms. The smallest absolute Gasteiger partial charge is 0.220 e. The Labute approximate surface area is 99.2 Å². The van der Waals surface area contributed by atoms with Gasteiger partial charge in [-0.05, 0) is 37.5 Å². The van der Waals surface area contributed by atoms with Crippen molar-refractivity contribution in [2.45, 2.75) is 71.3 Å². The van der Waals surface area contributed by atoms with Gasteiger partial charge in [-0.2, -0.15) is 0 Å². The Hall–Kier alpha value is -0.530. The number of hydrogen-bond acceptors (Lipinski definition) is 1. The van der Waals surface area contributed by atoms with Crippen molar-refractivity contribution in [3.8, 4) is 0 Å². The molecule has 92 valence electrons. The van der Waals surface area contributed by atoms with E-state index in [4.69, 9.17) is 0 Å². The Bertz CT molecular complexity index is 263. The maximum absolute atomic E-state index is 11.5. The van der Waals surface area contributed by atoms with Gasteiger partial charge in [-0.1, -0.05) is 32.6 Å². The number of hydrogen-bond donors (Lipinski definition) is 1. The van der Waals surface area contributed by atoms with Crippen molar-refractivity contribution in [1.29, 1.82) is 0 Å². The van der Waals surface area contributed by atoms with Gasteiger partial charge in [-0.15, -0.1) is 0 Å². The molecule has 2 fully saturated rings. The van der Waals surface area contributed by atoms with Crippen LogP contribution in [0.3, 0.4) is 0 Å². The van der Waals surface area contributed by atoms with Crippen LogP contribution in [0.25, 0.3) is 0 Å². The molecule has 0 aromatic carbocycles. The van der Waals surface area contributed by atoms with E-state index in [1.54, 1.807) is 0 Å². The number of nitrogens with one attached hydrogen (secondary N) is 1. The Morgan fingerprint density at radius 1 is 1.38 bits per heavy atom. The molecule has 1 N–H and O–H groups in total. The van der Waals surface area contributed by atoms with E-state index in [-0.39, 0.29) is 5.91 Å². The van der Waals surface area contributed by atoms with E-state index in [1.807, 2.05) is 0 Å². The average Bonchev–Trinajstić information content (AvgIpc) is 2.41. The lowest BCUT2D eigenvalue weighted by Gasteiger charge is -2.31. The molecule has 2 heteroatoms. The SMILES string of the molecule is CCCC1CCCC2(CC1)CC(=O)NC2C. The molecule has 0 aromatic heterocycles. The highest BCUT2D eigenvalue weighted by Crippen LogP contribution is 2.45.